The van der Waals surface area contributed by atoms with Gasteiger partial charge in [-0.15, -0.1) is 0 Å². The smallest absolute Gasteiger partial charge is 0.332 e. The number of hydrogen-bond donors (Lipinski definition) is 1. The molecule has 7 nitrogen and oxygen atoms in total. The molecule has 1 N–H and O–H groups in total. The lowest BCUT2D eigenvalue weighted by atomic mass is 10.1. The van der Waals surface area contributed by atoms with Crippen LogP contribution in [0.1, 0.15) is 5.56 Å². The number of furan rings is 1. The Morgan fingerprint density at radius 3 is 2.46 bits per heavy atom. The Bertz CT molecular complexity index is 1690. The third-order valence-electron chi connectivity index (χ3n) is 5.71. The molecule has 0 bridgehead atoms. The molecular weight excluding hydrogens is 456 g/mol. The minimum Gasteiger partial charge on any atom is -0.449 e. The largest absolute Gasteiger partial charge is 0.449 e. The lowest BCUT2D eigenvalue weighted by molar-refractivity contribution is -0.116. The lowest BCUT2D eigenvalue weighted by Crippen LogP contribution is -2.41. The first kappa shape index (κ1) is 22.3. The molecule has 3 aromatic carbocycles. The average Bonchev–Trinajstić information content (AvgIpc) is 3.24. The molecule has 0 spiro atoms. The molecule has 0 atom stereocenters. The summed E-state index contributed by atoms with van der Waals surface area (Å²) in [5.74, 6) is -2.31. The van der Waals surface area contributed by atoms with Gasteiger partial charge in [0.05, 0.1) is 5.69 Å². The van der Waals surface area contributed by atoms with Crippen molar-refractivity contribution in [2.24, 2.45) is 0 Å². The van der Waals surface area contributed by atoms with Crippen LogP contribution in [-0.4, -0.2) is 15.0 Å². The summed E-state index contributed by atoms with van der Waals surface area (Å²) < 4.78 is 35.5. The Morgan fingerprint density at radius 1 is 0.914 bits per heavy atom. The predicted molar refractivity (Wildman–Crippen MR) is 127 cm³/mol. The number of hydrogen-bond acceptors (Lipinski definition) is 4. The van der Waals surface area contributed by atoms with Gasteiger partial charge in [0.25, 0.3) is 5.56 Å². The molecule has 0 aliphatic rings. The molecule has 0 aliphatic carbocycles. The van der Waals surface area contributed by atoms with Gasteiger partial charge in [0.2, 0.25) is 11.5 Å². The number of aryl methyl sites for hydroxylation is 1. The van der Waals surface area contributed by atoms with Crippen LogP contribution in [0.3, 0.4) is 0 Å². The summed E-state index contributed by atoms with van der Waals surface area (Å²) in [6.07, 6.45) is 0.405. The summed E-state index contributed by atoms with van der Waals surface area (Å²) in [6.45, 7) is -0.477. The van der Waals surface area contributed by atoms with Gasteiger partial charge in [-0.1, -0.05) is 42.5 Å². The van der Waals surface area contributed by atoms with Crippen LogP contribution >= 0.6 is 0 Å². The summed E-state index contributed by atoms with van der Waals surface area (Å²) in [4.78, 5) is 39.5. The van der Waals surface area contributed by atoms with Crippen molar-refractivity contribution in [3.63, 3.8) is 0 Å². The Balaban J connectivity index is 1.60. The third-order valence-corrected chi connectivity index (χ3v) is 5.71. The van der Waals surface area contributed by atoms with Crippen LogP contribution in [0, 0.1) is 11.6 Å². The zero-order valence-corrected chi connectivity index (χ0v) is 18.3. The number of fused-ring (bicyclic) bond motifs is 3. The first-order chi connectivity index (χ1) is 16.9. The highest BCUT2D eigenvalue weighted by Crippen LogP contribution is 2.25. The van der Waals surface area contributed by atoms with Gasteiger partial charge in [-0.3, -0.25) is 18.7 Å². The molecule has 2 heterocycles. The van der Waals surface area contributed by atoms with Crippen LogP contribution in [0.25, 0.3) is 22.1 Å². The fourth-order valence-corrected chi connectivity index (χ4v) is 4.05. The van der Waals surface area contributed by atoms with E-state index < -0.39 is 35.3 Å². The Labute approximate surface area is 196 Å². The van der Waals surface area contributed by atoms with E-state index in [1.54, 1.807) is 24.3 Å². The van der Waals surface area contributed by atoms with Crippen molar-refractivity contribution in [2.45, 2.75) is 19.5 Å². The summed E-state index contributed by atoms with van der Waals surface area (Å²) in [5.41, 5.74) is -0.261. The van der Waals surface area contributed by atoms with Crippen molar-refractivity contribution in [3.8, 4) is 0 Å². The standard InChI is InChI=1S/C26H19F2N3O4/c27-17-10-11-19(28)20(14-17)29-22(32)15-31-23-18-8-4-5-9-21(18)35-24(23)25(33)30(26(31)34)13-12-16-6-2-1-3-7-16/h1-11,14H,12-13,15H2,(H,29,32). The van der Waals surface area contributed by atoms with Crippen LogP contribution in [-0.2, 0) is 24.3 Å². The molecule has 9 heteroatoms. The van der Waals surface area contributed by atoms with Crippen LogP contribution < -0.4 is 16.6 Å². The first-order valence-electron chi connectivity index (χ1n) is 10.9. The minimum atomic E-state index is -0.821. The number of benzene rings is 3. The highest BCUT2D eigenvalue weighted by atomic mass is 19.1. The van der Waals surface area contributed by atoms with E-state index in [0.717, 1.165) is 32.9 Å². The molecule has 0 radical (unpaired) electrons. The average molecular weight is 475 g/mol. The summed E-state index contributed by atoms with van der Waals surface area (Å²) in [5, 5.41) is 2.77. The molecule has 1 amide bonds. The Kier molecular flexibility index (Phi) is 5.74. The monoisotopic (exact) mass is 475 g/mol. The van der Waals surface area contributed by atoms with Gasteiger partial charge in [0, 0.05) is 18.0 Å². The van der Waals surface area contributed by atoms with Gasteiger partial charge in [0.15, 0.2) is 0 Å². The van der Waals surface area contributed by atoms with Crippen molar-refractivity contribution in [1.29, 1.82) is 0 Å². The zero-order valence-electron chi connectivity index (χ0n) is 18.3. The SMILES string of the molecule is O=C(Cn1c(=O)n(CCc2ccccc2)c(=O)c2oc3ccccc3c21)Nc1cc(F)ccc1F. The van der Waals surface area contributed by atoms with E-state index in [1.807, 2.05) is 30.3 Å². The van der Waals surface area contributed by atoms with E-state index in [9.17, 15) is 23.2 Å². The maximum Gasteiger partial charge on any atom is 0.332 e. The van der Waals surface area contributed by atoms with Gasteiger partial charge in [-0.25, -0.2) is 13.6 Å². The van der Waals surface area contributed by atoms with Crippen LogP contribution in [0.2, 0.25) is 0 Å². The van der Waals surface area contributed by atoms with E-state index in [0.29, 0.717) is 17.4 Å². The van der Waals surface area contributed by atoms with Gasteiger partial charge in [-0.05, 0) is 36.2 Å². The fraction of sp³-hybridized carbons (Fsp3) is 0.115. The highest BCUT2D eigenvalue weighted by molar-refractivity contribution is 6.03. The molecule has 0 saturated heterocycles. The summed E-state index contributed by atoms with van der Waals surface area (Å²) in [6, 6.07) is 18.8. The molecule has 5 rings (SSSR count). The fourth-order valence-electron chi connectivity index (χ4n) is 4.05. The summed E-state index contributed by atoms with van der Waals surface area (Å²) >= 11 is 0. The van der Waals surface area contributed by atoms with Crippen LogP contribution in [0.5, 0.6) is 0 Å². The maximum atomic E-state index is 14.0. The second kappa shape index (κ2) is 9.02. The number of carbonyl (C=O) groups excluding carboxylic acids is 1. The molecule has 5 aromatic rings. The highest BCUT2D eigenvalue weighted by Gasteiger charge is 2.21. The molecule has 2 aromatic heterocycles. The van der Waals surface area contributed by atoms with E-state index >= 15 is 0 Å². The van der Waals surface area contributed by atoms with Crippen molar-refractivity contribution in [2.75, 3.05) is 5.32 Å². The number of nitrogens with one attached hydrogen (secondary N) is 1. The number of nitrogens with zero attached hydrogens (tertiary/aromatic N) is 2. The van der Waals surface area contributed by atoms with Gasteiger partial charge < -0.3 is 9.73 Å². The number of rotatable bonds is 6. The molecule has 176 valence electrons. The Hall–Kier alpha value is -4.53. The molecule has 0 fully saturated rings. The quantitative estimate of drug-likeness (QED) is 0.401. The number of anilines is 1. The third kappa shape index (κ3) is 4.23. The molecule has 35 heavy (non-hydrogen) atoms. The molecule has 0 aliphatic heterocycles. The molecule has 0 saturated carbocycles. The predicted octanol–water partition coefficient (Wildman–Crippen LogP) is 4.07. The van der Waals surface area contributed by atoms with Crippen LogP contribution in [0.4, 0.5) is 14.5 Å². The van der Waals surface area contributed by atoms with Crippen molar-refractivity contribution in [3.05, 3.63) is 111 Å². The minimum absolute atomic E-state index is 0.0643. The van der Waals surface area contributed by atoms with Crippen LogP contribution in [0.15, 0.2) is 86.8 Å². The van der Waals surface area contributed by atoms with Crippen molar-refractivity contribution in [1.82, 2.24) is 9.13 Å². The molecule has 0 unspecified atom stereocenters. The zero-order chi connectivity index (χ0) is 24.5. The maximum absolute atomic E-state index is 14.0. The number of aromatic nitrogens is 2. The van der Waals surface area contributed by atoms with Gasteiger partial charge in [-0.2, -0.15) is 0 Å². The van der Waals surface area contributed by atoms with E-state index in [1.165, 1.54) is 0 Å². The van der Waals surface area contributed by atoms with Gasteiger partial charge >= 0.3 is 5.69 Å². The second-order valence-electron chi connectivity index (χ2n) is 8.01. The normalized spacial score (nSPS) is 11.3. The first-order valence-corrected chi connectivity index (χ1v) is 10.9. The van der Waals surface area contributed by atoms with E-state index in [4.69, 9.17) is 4.42 Å². The Morgan fingerprint density at radius 2 is 1.66 bits per heavy atom. The van der Waals surface area contributed by atoms with Gasteiger partial charge in [0.1, 0.15) is 29.3 Å². The second-order valence-corrected chi connectivity index (χ2v) is 8.01. The topological polar surface area (TPSA) is 86.2 Å². The van der Waals surface area contributed by atoms with Crippen molar-refractivity contribution < 1.29 is 18.0 Å². The lowest BCUT2D eigenvalue weighted by Gasteiger charge is -2.13. The molecular formula is C26H19F2N3O4. The summed E-state index contributed by atoms with van der Waals surface area (Å²) in [7, 11) is 0. The van der Waals surface area contributed by atoms with E-state index in [2.05, 4.69) is 5.32 Å². The number of amides is 1. The number of para-hydroxylation sites is 1. The van der Waals surface area contributed by atoms with Crippen molar-refractivity contribution >= 4 is 33.7 Å². The van der Waals surface area contributed by atoms with E-state index in [-0.39, 0.29) is 23.3 Å². The number of carbonyl (C=O) groups is 1. The number of halogens is 2.